The Morgan fingerprint density at radius 2 is 2.00 bits per heavy atom. The average molecular weight is 257 g/mol. The molecule has 1 unspecified atom stereocenters. The molecule has 17 heavy (non-hydrogen) atoms. The van der Waals surface area contributed by atoms with Gasteiger partial charge in [0, 0.05) is 16.4 Å². The van der Waals surface area contributed by atoms with Crippen LogP contribution in [0.4, 0.5) is 4.39 Å². The Morgan fingerprint density at radius 1 is 1.35 bits per heavy atom. The Labute approximate surface area is 109 Å². The van der Waals surface area contributed by atoms with Crippen LogP contribution < -0.4 is 4.72 Å². The van der Waals surface area contributed by atoms with E-state index in [1.54, 1.807) is 18.0 Å². The molecule has 0 amide bonds. The highest BCUT2D eigenvalue weighted by Gasteiger charge is 2.21. The first-order chi connectivity index (χ1) is 7.94. The normalized spacial score (nSPS) is 18.6. The molecule has 0 fully saturated rings. The van der Waals surface area contributed by atoms with Crippen LogP contribution in [0.5, 0.6) is 0 Å². The fourth-order valence-corrected chi connectivity index (χ4v) is 2.53. The largest absolute Gasteiger partial charge is 0.256 e. The summed E-state index contributed by atoms with van der Waals surface area (Å²) in [4.78, 5) is 0. The highest BCUT2D eigenvalue weighted by molar-refractivity contribution is 7.98. The van der Waals surface area contributed by atoms with Gasteiger partial charge in [-0.1, -0.05) is 31.4 Å². The van der Waals surface area contributed by atoms with Crippen molar-refractivity contribution in [2.24, 2.45) is 0 Å². The van der Waals surface area contributed by atoms with Crippen LogP contribution in [0, 0.1) is 0 Å². The molecule has 1 aliphatic carbocycles. The van der Waals surface area contributed by atoms with E-state index < -0.39 is 0 Å². The molecule has 0 saturated heterocycles. The predicted molar refractivity (Wildman–Crippen MR) is 75.7 cm³/mol. The fraction of sp³-hybridized carbons (Fsp3) is 0.714. The van der Waals surface area contributed by atoms with Crippen LogP contribution in [0.2, 0.25) is 0 Å². The quantitative estimate of drug-likeness (QED) is 0.712. The molecule has 0 aromatic carbocycles. The summed E-state index contributed by atoms with van der Waals surface area (Å²) >= 11 is 1.69. The molecule has 0 aromatic heterocycles. The van der Waals surface area contributed by atoms with Crippen LogP contribution in [0.25, 0.3) is 0 Å². The molecule has 0 bridgehead atoms. The van der Waals surface area contributed by atoms with E-state index in [-0.39, 0.29) is 16.6 Å². The molecule has 1 aliphatic rings. The van der Waals surface area contributed by atoms with Crippen molar-refractivity contribution in [3.8, 4) is 0 Å². The van der Waals surface area contributed by atoms with E-state index >= 15 is 0 Å². The van der Waals surface area contributed by atoms with Crippen LogP contribution in [0.1, 0.15) is 53.4 Å². The number of nitrogens with one attached hydrogen (secondary N) is 1. The van der Waals surface area contributed by atoms with Gasteiger partial charge in [-0.15, -0.1) is 0 Å². The van der Waals surface area contributed by atoms with Gasteiger partial charge in [0.1, 0.15) is 5.83 Å². The molecule has 0 aliphatic heterocycles. The summed E-state index contributed by atoms with van der Waals surface area (Å²) in [7, 11) is 0. The monoisotopic (exact) mass is 257 g/mol. The molecule has 1 atom stereocenters. The van der Waals surface area contributed by atoms with Crippen molar-refractivity contribution in [2.75, 3.05) is 0 Å². The van der Waals surface area contributed by atoms with Crippen molar-refractivity contribution in [3.63, 3.8) is 0 Å². The lowest BCUT2D eigenvalue weighted by molar-refractivity contribution is 0.563. The Balaban J connectivity index is 2.65. The molecule has 0 saturated carbocycles. The molecule has 1 nitrogen and oxygen atoms in total. The average Bonchev–Trinajstić information content (AvgIpc) is 2.24. The maximum atomic E-state index is 13.8. The Hall–Kier alpha value is -0.280. The second-order valence-corrected chi connectivity index (χ2v) is 7.13. The summed E-state index contributed by atoms with van der Waals surface area (Å²) in [6, 6.07) is 0.140. The number of allylic oxidation sites excluding steroid dienone is 2. The van der Waals surface area contributed by atoms with Gasteiger partial charge in [-0.05, 0) is 46.1 Å². The van der Waals surface area contributed by atoms with Gasteiger partial charge in [-0.2, -0.15) is 0 Å². The number of rotatable bonds is 5. The summed E-state index contributed by atoms with van der Waals surface area (Å²) < 4.78 is 17.4. The molecule has 1 N–H and O–H groups in total. The van der Waals surface area contributed by atoms with Crippen molar-refractivity contribution in [1.29, 1.82) is 0 Å². The van der Waals surface area contributed by atoms with Gasteiger partial charge in [0.05, 0.1) is 0 Å². The maximum absolute atomic E-state index is 13.8. The number of halogens is 1. The van der Waals surface area contributed by atoms with Crippen molar-refractivity contribution >= 4 is 11.9 Å². The van der Waals surface area contributed by atoms with Gasteiger partial charge in [0.2, 0.25) is 0 Å². The molecule has 1 rings (SSSR count). The molecule has 0 aromatic rings. The molecule has 98 valence electrons. The highest BCUT2D eigenvalue weighted by Crippen LogP contribution is 2.28. The van der Waals surface area contributed by atoms with Crippen molar-refractivity contribution < 1.29 is 4.39 Å². The molecular weight excluding hydrogens is 233 g/mol. The fourth-order valence-electron chi connectivity index (χ4n) is 1.79. The van der Waals surface area contributed by atoms with E-state index in [0.29, 0.717) is 0 Å². The van der Waals surface area contributed by atoms with E-state index in [0.717, 1.165) is 31.3 Å². The predicted octanol–water partition coefficient (Wildman–Crippen LogP) is 4.77. The maximum Gasteiger partial charge on any atom is 0.123 e. The standard InChI is InChI=1S/C14H24FNS/c1-5-8-13(16-17-14(2,3)4)11-9-6-7-10-12(11)15/h9-10,13,16H,5-8H2,1-4H3. The lowest BCUT2D eigenvalue weighted by Gasteiger charge is -2.26. The van der Waals surface area contributed by atoms with E-state index in [2.05, 4.69) is 32.4 Å². The zero-order chi connectivity index (χ0) is 12.9. The highest BCUT2D eigenvalue weighted by atomic mass is 32.2. The SMILES string of the molecule is CCCC(NSC(C)(C)C)C1=CCCC=C1F. The second-order valence-electron chi connectivity index (χ2n) is 5.46. The third kappa shape index (κ3) is 5.26. The Kier molecular flexibility index (Phi) is 5.74. The van der Waals surface area contributed by atoms with Gasteiger partial charge in [-0.25, -0.2) is 4.39 Å². The second kappa shape index (κ2) is 6.60. The minimum atomic E-state index is -0.0308. The summed E-state index contributed by atoms with van der Waals surface area (Å²) in [6.45, 7) is 8.63. The molecule has 0 heterocycles. The zero-order valence-electron chi connectivity index (χ0n) is 11.3. The Bertz CT molecular complexity index is 302. The summed E-state index contributed by atoms with van der Waals surface area (Å²) in [5.74, 6) is -0.0308. The number of hydrogen-bond donors (Lipinski definition) is 1. The summed E-state index contributed by atoms with van der Waals surface area (Å²) in [6.07, 6.45) is 7.60. The smallest absolute Gasteiger partial charge is 0.123 e. The van der Waals surface area contributed by atoms with E-state index in [4.69, 9.17) is 0 Å². The molecule has 0 radical (unpaired) electrons. The van der Waals surface area contributed by atoms with Crippen LogP contribution in [-0.2, 0) is 0 Å². The van der Waals surface area contributed by atoms with Gasteiger partial charge in [0.15, 0.2) is 0 Å². The molecule has 3 heteroatoms. The van der Waals surface area contributed by atoms with Crippen LogP contribution in [-0.4, -0.2) is 10.8 Å². The van der Waals surface area contributed by atoms with E-state index in [1.165, 1.54) is 0 Å². The van der Waals surface area contributed by atoms with Gasteiger partial charge in [-0.3, -0.25) is 4.72 Å². The van der Waals surface area contributed by atoms with Crippen molar-refractivity contribution in [1.82, 2.24) is 4.72 Å². The number of hydrogen-bond acceptors (Lipinski definition) is 2. The summed E-state index contributed by atoms with van der Waals surface area (Å²) in [5.41, 5.74) is 0.856. The topological polar surface area (TPSA) is 12.0 Å². The Morgan fingerprint density at radius 3 is 2.53 bits per heavy atom. The minimum Gasteiger partial charge on any atom is -0.256 e. The third-order valence-electron chi connectivity index (χ3n) is 2.59. The first kappa shape index (κ1) is 14.8. The van der Waals surface area contributed by atoms with Crippen LogP contribution in [0.3, 0.4) is 0 Å². The van der Waals surface area contributed by atoms with Gasteiger partial charge < -0.3 is 0 Å². The first-order valence-electron chi connectivity index (χ1n) is 6.43. The van der Waals surface area contributed by atoms with Crippen LogP contribution >= 0.6 is 11.9 Å². The van der Waals surface area contributed by atoms with E-state index in [9.17, 15) is 4.39 Å². The summed E-state index contributed by atoms with van der Waals surface area (Å²) in [5, 5.41) is 0. The van der Waals surface area contributed by atoms with E-state index in [1.807, 2.05) is 6.08 Å². The van der Waals surface area contributed by atoms with Gasteiger partial charge >= 0.3 is 0 Å². The lowest BCUT2D eigenvalue weighted by Crippen LogP contribution is -2.30. The lowest BCUT2D eigenvalue weighted by atomic mass is 9.97. The minimum absolute atomic E-state index is 0.0308. The van der Waals surface area contributed by atoms with Crippen molar-refractivity contribution in [3.05, 3.63) is 23.6 Å². The van der Waals surface area contributed by atoms with Crippen LogP contribution in [0.15, 0.2) is 23.6 Å². The zero-order valence-corrected chi connectivity index (χ0v) is 12.2. The molecule has 0 spiro atoms. The molecular formula is C14H24FNS. The first-order valence-corrected chi connectivity index (χ1v) is 7.25. The van der Waals surface area contributed by atoms with Crippen molar-refractivity contribution in [2.45, 2.75) is 64.2 Å². The van der Waals surface area contributed by atoms with Gasteiger partial charge in [0.25, 0.3) is 0 Å². The third-order valence-corrected chi connectivity index (χ3v) is 3.61.